The topological polar surface area (TPSA) is 79.8 Å². The van der Waals surface area contributed by atoms with E-state index in [0.29, 0.717) is 16.8 Å². The fourth-order valence-corrected chi connectivity index (χ4v) is 1.91. The Hall–Kier alpha value is -2.21. The van der Waals surface area contributed by atoms with Crippen molar-refractivity contribution in [3.05, 3.63) is 40.7 Å². The second-order valence-electron chi connectivity index (χ2n) is 4.63. The van der Waals surface area contributed by atoms with Crippen molar-refractivity contribution in [2.45, 2.75) is 26.8 Å². The summed E-state index contributed by atoms with van der Waals surface area (Å²) in [5.41, 5.74) is 1.05. The molecule has 1 aromatic carbocycles. The molecule has 0 aliphatic rings. The highest BCUT2D eigenvalue weighted by Gasteiger charge is 2.10. The Balaban J connectivity index is 2.16. The van der Waals surface area contributed by atoms with Crippen LogP contribution in [0.15, 0.2) is 24.3 Å². The van der Waals surface area contributed by atoms with Crippen molar-refractivity contribution >= 4 is 29.4 Å². The number of nitrogens with one attached hydrogen (secondary N) is 2. The molecule has 21 heavy (non-hydrogen) atoms. The van der Waals surface area contributed by atoms with E-state index < -0.39 is 0 Å². The Bertz CT molecular complexity index is 644. The van der Waals surface area contributed by atoms with Gasteiger partial charge >= 0.3 is 0 Å². The van der Waals surface area contributed by atoms with Crippen LogP contribution in [-0.4, -0.2) is 20.9 Å². The predicted octanol–water partition coefficient (Wildman–Crippen LogP) is 2.96. The number of nitrogens with zero attached hydrogens (tertiary/aromatic N) is 3. The van der Waals surface area contributed by atoms with E-state index in [-0.39, 0.29) is 17.9 Å². The summed E-state index contributed by atoms with van der Waals surface area (Å²) in [6.45, 7) is 5.13. The molecule has 2 aromatic rings. The molecule has 0 radical (unpaired) electrons. The van der Waals surface area contributed by atoms with Gasteiger partial charge in [-0.05, 0) is 31.5 Å². The van der Waals surface area contributed by atoms with Gasteiger partial charge in [0.05, 0.1) is 6.04 Å². The summed E-state index contributed by atoms with van der Waals surface area (Å²) in [6, 6.07) is 7.52. The second-order valence-corrected chi connectivity index (χ2v) is 5.07. The minimum absolute atomic E-state index is 0.00533. The molecule has 110 valence electrons. The van der Waals surface area contributed by atoms with Crippen LogP contribution in [0, 0.1) is 6.92 Å². The van der Waals surface area contributed by atoms with Crippen LogP contribution in [0.25, 0.3) is 0 Å². The minimum Gasteiger partial charge on any atom is -0.348 e. The highest BCUT2D eigenvalue weighted by molar-refractivity contribution is 6.30. The lowest BCUT2D eigenvalue weighted by Gasteiger charge is -2.15. The number of carbonyl (C=O) groups is 1. The summed E-state index contributed by atoms with van der Waals surface area (Å²) in [7, 11) is 0. The molecule has 2 rings (SSSR count). The zero-order valence-electron chi connectivity index (χ0n) is 12.0. The molecule has 1 atom stereocenters. The van der Waals surface area contributed by atoms with Crippen LogP contribution < -0.4 is 10.6 Å². The normalized spacial score (nSPS) is 11.8. The minimum atomic E-state index is -0.225. The SMILES string of the molecule is CC(=O)Nc1nc(C)nc(NC(C)c2ccc(Cl)cc2)n1. The molecule has 0 spiro atoms. The molecule has 0 saturated carbocycles. The van der Waals surface area contributed by atoms with E-state index in [0.717, 1.165) is 5.56 Å². The van der Waals surface area contributed by atoms with Gasteiger partial charge in [-0.15, -0.1) is 0 Å². The number of halogens is 1. The summed E-state index contributed by atoms with van der Waals surface area (Å²) in [6.07, 6.45) is 0. The number of rotatable bonds is 4. The summed E-state index contributed by atoms with van der Waals surface area (Å²) in [5, 5.41) is 6.41. The highest BCUT2D eigenvalue weighted by Crippen LogP contribution is 2.19. The van der Waals surface area contributed by atoms with Crippen molar-refractivity contribution in [2.75, 3.05) is 10.6 Å². The molecule has 1 amide bonds. The van der Waals surface area contributed by atoms with Gasteiger partial charge in [0.1, 0.15) is 5.82 Å². The summed E-state index contributed by atoms with van der Waals surface area (Å²) < 4.78 is 0. The number of aryl methyl sites for hydroxylation is 1. The zero-order valence-corrected chi connectivity index (χ0v) is 12.8. The van der Waals surface area contributed by atoms with E-state index in [1.807, 2.05) is 31.2 Å². The van der Waals surface area contributed by atoms with Gasteiger partial charge in [-0.1, -0.05) is 23.7 Å². The van der Waals surface area contributed by atoms with Crippen molar-refractivity contribution in [1.82, 2.24) is 15.0 Å². The van der Waals surface area contributed by atoms with E-state index in [4.69, 9.17) is 11.6 Å². The quantitative estimate of drug-likeness (QED) is 0.907. The maximum atomic E-state index is 11.1. The van der Waals surface area contributed by atoms with Gasteiger partial charge in [0.2, 0.25) is 17.8 Å². The Morgan fingerprint density at radius 3 is 2.38 bits per heavy atom. The molecular formula is C14H16ClN5O. The van der Waals surface area contributed by atoms with E-state index >= 15 is 0 Å². The van der Waals surface area contributed by atoms with Gasteiger partial charge in [-0.3, -0.25) is 10.1 Å². The maximum Gasteiger partial charge on any atom is 0.234 e. The molecule has 1 aromatic heterocycles. The lowest BCUT2D eigenvalue weighted by molar-refractivity contribution is -0.114. The number of hydrogen-bond acceptors (Lipinski definition) is 5. The number of aromatic nitrogens is 3. The van der Waals surface area contributed by atoms with Crippen LogP contribution in [0.2, 0.25) is 5.02 Å². The molecular weight excluding hydrogens is 290 g/mol. The predicted molar refractivity (Wildman–Crippen MR) is 82.4 cm³/mol. The van der Waals surface area contributed by atoms with Crippen LogP contribution in [0.3, 0.4) is 0 Å². The molecule has 0 aliphatic carbocycles. The van der Waals surface area contributed by atoms with Crippen molar-refractivity contribution in [3.63, 3.8) is 0 Å². The number of hydrogen-bond donors (Lipinski definition) is 2. The fraction of sp³-hybridized carbons (Fsp3) is 0.286. The van der Waals surface area contributed by atoms with Crippen molar-refractivity contribution < 1.29 is 4.79 Å². The van der Waals surface area contributed by atoms with E-state index in [2.05, 4.69) is 25.6 Å². The number of benzene rings is 1. The van der Waals surface area contributed by atoms with Gasteiger partial charge in [0.25, 0.3) is 0 Å². The Labute approximate surface area is 128 Å². The van der Waals surface area contributed by atoms with Crippen molar-refractivity contribution in [1.29, 1.82) is 0 Å². The average molecular weight is 306 g/mol. The zero-order chi connectivity index (χ0) is 15.4. The molecule has 0 bridgehead atoms. The Morgan fingerprint density at radius 2 is 1.76 bits per heavy atom. The fourth-order valence-electron chi connectivity index (χ4n) is 1.79. The number of anilines is 2. The molecule has 1 unspecified atom stereocenters. The van der Waals surface area contributed by atoms with Crippen LogP contribution in [0.4, 0.5) is 11.9 Å². The second kappa shape index (κ2) is 6.49. The summed E-state index contributed by atoms with van der Waals surface area (Å²) in [4.78, 5) is 23.5. The van der Waals surface area contributed by atoms with Crippen LogP contribution in [0.1, 0.15) is 31.3 Å². The summed E-state index contributed by atoms with van der Waals surface area (Å²) >= 11 is 5.87. The highest BCUT2D eigenvalue weighted by atomic mass is 35.5. The molecule has 2 N–H and O–H groups in total. The van der Waals surface area contributed by atoms with Gasteiger partial charge < -0.3 is 5.32 Å². The lowest BCUT2D eigenvalue weighted by atomic mass is 10.1. The van der Waals surface area contributed by atoms with E-state index in [1.54, 1.807) is 6.92 Å². The van der Waals surface area contributed by atoms with Crippen molar-refractivity contribution in [2.24, 2.45) is 0 Å². The molecule has 6 nitrogen and oxygen atoms in total. The first kappa shape index (κ1) is 15.2. The largest absolute Gasteiger partial charge is 0.348 e. The van der Waals surface area contributed by atoms with Crippen LogP contribution in [-0.2, 0) is 4.79 Å². The van der Waals surface area contributed by atoms with Gasteiger partial charge in [-0.25, -0.2) is 0 Å². The first-order chi connectivity index (χ1) is 9.94. The maximum absolute atomic E-state index is 11.1. The molecule has 1 heterocycles. The third-order valence-electron chi connectivity index (χ3n) is 2.75. The standard InChI is InChI=1S/C14H16ClN5O/c1-8(11-4-6-12(15)7-5-11)16-13-17-9(2)18-14(20-13)19-10(3)21/h4-8H,1-3H3,(H2,16,17,18,19,20,21). The van der Waals surface area contributed by atoms with Gasteiger partial charge in [0, 0.05) is 11.9 Å². The lowest BCUT2D eigenvalue weighted by Crippen LogP contribution is -2.15. The van der Waals surface area contributed by atoms with Crippen molar-refractivity contribution in [3.8, 4) is 0 Å². The first-order valence-electron chi connectivity index (χ1n) is 6.46. The molecule has 0 fully saturated rings. The molecule has 0 saturated heterocycles. The van der Waals surface area contributed by atoms with Crippen LogP contribution >= 0.6 is 11.6 Å². The van der Waals surface area contributed by atoms with E-state index in [1.165, 1.54) is 6.92 Å². The molecule has 7 heteroatoms. The monoisotopic (exact) mass is 305 g/mol. The smallest absolute Gasteiger partial charge is 0.234 e. The van der Waals surface area contributed by atoms with Gasteiger partial charge in [0.15, 0.2) is 0 Å². The summed E-state index contributed by atoms with van der Waals surface area (Å²) in [5.74, 6) is 0.950. The first-order valence-corrected chi connectivity index (χ1v) is 6.84. The Kier molecular flexibility index (Phi) is 4.70. The van der Waals surface area contributed by atoms with Crippen LogP contribution in [0.5, 0.6) is 0 Å². The number of carbonyl (C=O) groups excluding carboxylic acids is 1. The Morgan fingerprint density at radius 1 is 1.14 bits per heavy atom. The number of amides is 1. The van der Waals surface area contributed by atoms with E-state index in [9.17, 15) is 4.79 Å². The van der Waals surface area contributed by atoms with Gasteiger partial charge in [-0.2, -0.15) is 15.0 Å². The average Bonchev–Trinajstić information content (AvgIpc) is 2.37. The third-order valence-corrected chi connectivity index (χ3v) is 3.00. The molecule has 0 aliphatic heterocycles. The third kappa shape index (κ3) is 4.39.